The van der Waals surface area contributed by atoms with Crippen molar-refractivity contribution in [2.45, 2.75) is 37.6 Å². The van der Waals surface area contributed by atoms with Gasteiger partial charge < -0.3 is 39.4 Å². The molecular formula is C27H28N2O9. The van der Waals surface area contributed by atoms with Gasteiger partial charge in [0.05, 0.1) is 25.7 Å². The number of aliphatic hydroxyl groups excluding tert-OH is 2. The molecule has 4 unspecified atom stereocenters. The molecule has 5 rings (SSSR count). The van der Waals surface area contributed by atoms with E-state index >= 15 is 0 Å². The Hall–Kier alpha value is -4.09. The van der Waals surface area contributed by atoms with E-state index in [1.54, 1.807) is 30.3 Å². The van der Waals surface area contributed by atoms with Crippen molar-refractivity contribution in [2.75, 3.05) is 27.1 Å². The number of amides is 2. The number of rotatable bonds is 8. The van der Waals surface area contributed by atoms with Crippen LogP contribution in [-0.4, -0.2) is 78.5 Å². The Morgan fingerprint density at radius 2 is 2.00 bits per heavy atom. The topological polar surface area (TPSA) is 144 Å². The molecule has 11 nitrogen and oxygen atoms in total. The average molecular weight is 525 g/mol. The normalized spacial score (nSPS) is 22.5. The summed E-state index contributed by atoms with van der Waals surface area (Å²) in [6, 6.07) is 7.52. The van der Waals surface area contributed by atoms with Crippen LogP contribution in [0.15, 0.2) is 42.0 Å². The maximum absolute atomic E-state index is 13.3. The number of ether oxygens (including phenoxy) is 4. The van der Waals surface area contributed by atoms with Gasteiger partial charge in [-0.2, -0.15) is 0 Å². The van der Waals surface area contributed by atoms with E-state index in [4.69, 9.17) is 18.9 Å². The lowest BCUT2D eigenvalue weighted by Crippen LogP contribution is -2.55. The average Bonchev–Trinajstić information content (AvgIpc) is 3.55. The first-order chi connectivity index (χ1) is 18.4. The number of methoxy groups -OCH3 is 1. The van der Waals surface area contributed by atoms with E-state index in [0.29, 0.717) is 40.4 Å². The van der Waals surface area contributed by atoms with Gasteiger partial charge in [-0.05, 0) is 35.9 Å². The molecule has 4 atom stereocenters. The third kappa shape index (κ3) is 4.44. The molecule has 11 heteroatoms. The van der Waals surface area contributed by atoms with E-state index in [1.807, 2.05) is 0 Å². The molecule has 200 valence electrons. The second kappa shape index (κ2) is 10.3. The molecule has 2 aromatic carbocycles. The Balaban J connectivity index is 1.56. The molecule has 2 aromatic rings. The number of nitrogens with zero attached hydrogens (tertiary/aromatic N) is 1. The van der Waals surface area contributed by atoms with Gasteiger partial charge in [-0.25, -0.2) is 0 Å². The maximum atomic E-state index is 13.3. The van der Waals surface area contributed by atoms with Gasteiger partial charge in [0.15, 0.2) is 23.0 Å². The highest BCUT2D eigenvalue weighted by Crippen LogP contribution is 2.51. The molecule has 0 fully saturated rings. The minimum atomic E-state index is -1.22. The summed E-state index contributed by atoms with van der Waals surface area (Å²) in [5.41, 5.74) is 1.83. The van der Waals surface area contributed by atoms with Gasteiger partial charge >= 0.3 is 0 Å². The zero-order chi connectivity index (χ0) is 27.0. The molecule has 0 bridgehead atoms. The van der Waals surface area contributed by atoms with Crippen molar-refractivity contribution in [2.24, 2.45) is 0 Å². The van der Waals surface area contributed by atoms with E-state index in [0.717, 1.165) is 5.56 Å². The Labute approximate surface area is 218 Å². The summed E-state index contributed by atoms with van der Waals surface area (Å²) in [6.07, 6.45) is 0.0650. The number of aliphatic hydroxyl groups is 2. The van der Waals surface area contributed by atoms with Crippen LogP contribution in [0.4, 0.5) is 0 Å². The number of hydrogen-bond acceptors (Lipinski definition) is 9. The van der Waals surface area contributed by atoms with Crippen molar-refractivity contribution in [3.8, 4) is 23.0 Å². The Morgan fingerprint density at radius 1 is 1.21 bits per heavy atom. The van der Waals surface area contributed by atoms with Gasteiger partial charge in [-0.15, -0.1) is 0 Å². The molecule has 0 spiro atoms. The van der Waals surface area contributed by atoms with Gasteiger partial charge in [0, 0.05) is 36.7 Å². The summed E-state index contributed by atoms with van der Waals surface area (Å²) in [4.78, 5) is 39.2. The van der Waals surface area contributed by atoms with Gasteiger partial charge in [0.25, 0.3) is 0 Å². The summed E-state index contributed by atoms with van der Waals surface area (Å²) in [5.74, 6) is 0.232. The number of benzene rings is 2. The fraction of sp³-hybridized carbons (Fsp3) is 0.370. The SMILES string of the molecule is COc1cc(C=O)cc2c1OC1C2C(C(=O)NCCO)=CC(N(Cc2ccc3c(c2)OCO3)C(C)=O)C1O. The first-order valence-electron chi connectivity index (χ1n) is 12.1. The zero-order valence-corrected chi connectivity index (χ0v) is 20.9. The van der Waals surface area contributed by atoms with Crippen molar-refractivity contribution in [1.82, 2.24) is 10.2 Å². The van der Waals surface area contributed by atoms with Crippen molar-refractivity contribution >= 4 is 18.1 Å². The van der Waals surface area contributed by atoms with E-state index in [9.17, 15) is 24.6 Å². The summed E-state index contributed by atoms with van der Waals surface area (Å²) in [7, 11) is 1.43. The third-order valence-electron chi connectivity index (χ3n) is 6.97. The van der Waals surface area contributed by atoms with Crippen LogP contribution >= 0.6 is 0 Å². The molecule has 0 saturated carbocycles. The van der Waals surface area contributed by atoms with Crippen LogP contribution < -0.4 is 24.3 Å². The van der Waals surface area contributed by atoms with Crippen molar-refractivity contribution in [3.63, 3.8) is 0 Å². The lowest BCUT2D eigenvalue weighted by molar-refractivity contribution is -0.135. The van der Waals surface area contributed by atoms with E-state index < -0.39 is 30.1 Å². The van der Waals surface area contributed by atoms with Crippen LogP contribution in [0.2, 0.25) is 0 Å². The van der Waals surface area contributed by atoms with Gasteiger partial charge in [0.2, 0.25) is 18.6 Å². The summed E-state index contributed by atoms with van der Waals surface area (Å²) < 4.78 is 22.4. The lowest BCUT2D eigenvalue weighted by atomic mass is 9.77. The van der Waals surface area contributed by atoms with E-state index in [2.05, 4.69) is 5.32 Å². The molecule has 2 aliphatic heterocycles. The van der Waals surface area contributed by atoms with Crippen LogP contribution in [0.5, 0.6) is 23.0 Å². The Bertz CT molecular complexity index is 1310. The second-order valence-corrected chi connectivity index (χ2v) is 9.24. The standard InChI is InChI=1S/C27H28N2O9/c1-14(32)29(11-15-3-4-20-21(8-15)37-13-36-20)19-10-18(27(34)28-5-6-30)23-17-7-16(12-31)9-22(35-2)25(17)38-26(23)24(19)33/h3-4,7-10,12,19,23-24,26,30,33H,5-6,11,13H2,1-2H3,(H,28,34). The molecular weight excluding hydrogens is 496 g/mol. The minimum absolute atomic E-state index is 0.0137. The van der Waals surface area contributed by atoms with Crippen molar-refractivity contribution < 1.29 is 43.5 Å². The van der Waals surface area contributed by atoms with E-state index in [-0.39, 0.29) is 38.0 Å². The molecule has 38 heavy (non-hydrogen) atoms. The highest BCUT2D eigenvalue weighted by molar-refractivity contribution is 5.96. The summed E-state index contributed by atoms with van der Waals surface area (Å²) in [6.45, 7) is 1.37. The molecule has 1 aliphatic carbocycles. The highest BCUT2D eigenvalue weighted by atomic mass is 16.7. The van der Waals surface area contributed by atoms with Crippen molar-refractivity contribution in [1.29, 1.82) is 0 Å². The number of nitrogens with one attached hydrogen (secondary N) is 1. The second-order valence-electron chi connectivity index (χ2n) is 9.24. The Kier molecular flexibility index (Phi) is 6.96. The summed E-state index contributed by atoms with van der Waals surface area (Å²) >= 11 is 0. The maximum Gasteiger partial charge on any atom is 0.247 e. The summed E-state index contributed by atoms with van der Waals surface area (Å²) in [5, 5.41) is 23.4. The van der Waals surface area contributed by atoms with Gasteiger partial charge in [0.1, 0.15) is 18.5 Å². The molecule has 0 aromatic heterocycles. The predicted molar refractivity (Wildman–Crippen MR) is 132 cm³/mol. The molecule has 2 heterocycles. The van der Waals surface area contributed by atoms with Crippen LogP contribution in [0.3, 0.4) is 0 Å². The predicted octanol–water partition coefficient (Wildman–Crippen LogP) is 0.908. The molecule has 2 amide bonds. The fourth-order valence-electron chi connectivity index (χ4n) is 5.22. The number of carbonyl (C=O) groups is 3. The fourth-order valence-corrected chi connectivity index (χ4v) is 5.22. The quantitative estimate of drug-likeness (QED) is 0.429. The minimum Gasteiger partial charge on any atom is -0.493 e. The number of carbonyl (C=O) groups excluding carboxylic acids is 3. The van der Waals surface area contributed by atoms with Crippen molar-refractivity contribution in [3.05, 3.63) is 58.7 Å². The third-order valence-corrected chi connectivity index (χ3v) is 6.97. The van der Waals surface area contributed by atoms with E-state index in [1.165, 1.54) is 25.0 Å². The van der Waals surface area contributed by atoms with Crippen LogP contribution in [0, 0.1) is 0 Å². The molecule has 0 saturated heterocycles. The monoisotopic (exact) mass is 524 g/mol. The lowest BCUT2D eigenvalue weighted by Gasteiger charge is -2.40. The molecule has 3 aliphatic rings. The number of aldehydes is 1. The first kappa shape index (κ1) is 25.6. The van der Waals surface area contributed by atoms with Gasteiger partial charge in [-0.3, -0.25) is 14.4 Å². The highest BCUT2D eigenvalue weighted by Gasteiger charge is 2.51. The van der Waals surface area contributed by atoms with Crippen LogP contribution in [0.25, 0.3) is 0 Å². The Morgan fingerprint density at radius 3 is 2.71 bits per heavy atom. The largest absolute Gasteiger partial charge is 0.493 e. The number of hydrogen-bond donors (Lipinski definition) is 3. The smallest absolute Gasteiger partial charge is 0.247 e. The zero-order valence-electron chi connectivity index (χ0n) is 20.9. The number of fused-ring (bicyclic) bond motifs is 4. The molecule has 0 radical (unpaired) electrons. The van der Waals surface area contributed by atoms with Crippen LogP contribution in [0.1, 0.15) is 34.3 Å². The molecule has 3 N–H and O–H groups in total. The first-order valence-corrected chi connectivity index (χ1v) is 12.1. The van der Waals surface area contributed by atoms with Crippen LogP contribution in [-0.2, 0) is 16.1 Å². The van der Waals surface area contributed by atoms with Gasteiger partial charge in [-0.1, -0.05) is 6.07 Å².